The second-order valence-corrected chi connectivity index (χ2v) is 9.89. The quantitative estimate of drug-likeness (QED) is 0.585. The normalized spacial score (nSPS) is 22.6. The van der Waals surface area contributed by atoms with Crippen molar-refractivity contribution in [2.24, 2.45) is 17.8 Å². The molecule has 2 atom stereocenters. The maximum atomic E-state index is 11.6. The van der Waals surface area contributed by atoms with Crippen LogP contribution in [0.1, 0.15) is 26.2 Å². The molecule has 0 spiro atoms. The number of pyridine rings is 1. The number of benzene rings is 1. The zero-order chi connectivity index (χ0) is 23.1. The van der Waals surface area contributed by atoms with E-state index in [0.29, 0.717) is 18.7 Å². The number of carbonyl (C=O) groups excluding carboxylic acids is 1. The fourth-order valence-electron chi connectivity index (χ4n) is 5.41. The Morgan fingerprint density at radius 1 is 1.15 bits per heavy atom. The molecule has 6 rings (SSSR count). The SMILES string of the molecule is C[C@@H](Oc1cc(-c2ccc(N3CCC(C4COC4)CC3)cn2)cc2[nH]cnc12)[C@H]1CNC(=O)C1. The molecule has 1 aromatic carbocycles. The molecule has 3 fully saturated rings. The first-order valence-electron chi connectivity index (χ1n) is 12.3. The van der Waals surface area contributed by atoms with Crippen LogP contribution in [0.3, 0.4) is 0 Å². The summed E-state index contributed by atoms with van der Waals surface area (Å²) in [4.78, 5) is 26.5. The van der Waals surface area contributed by atoms with Gasteiger partial charge >= 0.3 is 0 Å². The first-order valence-corrected chi connectivity index (χ1v) is 12.3. The minimum atomic E-state index is -0.0983. The van der Waals surface area contributed by atoms with Gasteiger partial charge in [0.1, 0.15) is 17.4 Å². The number of nitrogens with zero attached hydrogens (tertiary/aromatic N) is 3. The van der Waals surface area contributed by atoms with E-state index in [1.54, 1.807) is 6.33 Å². The number of aromatic amines is 1. The Balaban J connectivity index is 1.19. The van der Waals surface area contributed by atoms with Crippen LogP contribution < -0.4 is 15.0 Å². The molecule has 8 heteroatoms. The molecular weight excluding hydrogens is 430 g/mol. The molecule has 3 aliphatic rings. The largest absolute Gasteiger partial charge is 0.488 e. The molecule has 2 N–H and O–H groups in total. The van der Waals surface area contributed by atoms with Crippen LogP contribution >= 0.6 is 0 Å². The standard InChI is InChI=1S/C26H31N5O3/c1-16(19-10-25(32)28-11-19)34-24-9-18(8-23-26(24)30-15-29-23)22-3-2-21(12-27-22)31-6-4-17(5-7-31)20-13-33-14-20/h2-3,8-9,12,15-17,19-20H,4-7,10-11,13-14H2,1H3,(H,28,32)(H,29,30)/t16-,19-/m1/s1. The molecule has 0 radical (unpaired) electrons. The van der Waals surface area contributed by atoms with Crippen LogP contribution in [0.5, 0.6) is 5.75 Å². The monoisotopic (exact) mass is 461 g/mol. The van der Waals surface area contributed by atoms with E-state index < -0.39 is 0 Å². The van der Waals surface area contributed by atoms with E-state index in [4.69, 9.17) is 14.5 Å². The molecule has 0 saturated carbocycles. The van der Waals surface area contributed by atoms with E-state index in [-0.39, 0.29) is 17.9 Å². The van der Waals surface area contributed by atoms with Crippen LogP contribution in [0.4, 0.5) is 5.69 Å². The van der Waals surface area contributed by atoms with Crippen molar-refractivity contribution in [2.75, 3.05) is 37.7 Å². The molecule has 1 amide bonds. The summed E-state index contributed by atoms with van der Waals surface area (Å²) in [7, 11) is 0. The van der Waals surface area contributed by atoms with Crippen LogP contribution in [0.25, 0.3) is 22.3 Å². The third kappa shape index (κ3) is 4.11. The number of H-pyrrole nitrogens is 1. The summed E-state index contributed by atoms with van der Waals surface area (Å²) in [5.74, 6) is 2.53. The second-order valence-electron chi connectivity index (χ2n) is 9.89. The number of anilines is 1. The summed E-state index contributed by atoms with van der Waals surface area (Å²) >= 11 is 0. The minimum Gasteiger partial charge on any atom is -0.488 e. The van der Waals surface area contributed by atoms with Gasteiger partial charge in [0.15, 0.2) is 0 Å². The van der Waals surface area contributed by atoms with E-state index in [1.807, 2.05) is 19.2 Å². The molecule has 3 aromatic rings. The van der Waals surface area contributed by atoms with Crippen molar-refractivity contribution >= 4 is 22.6 Å². The first kappa shape index (κ1) is 21.4. The predicted molar refractivity (Wildman–Crippen MR) is 130 cm³/mol. The van der Waals surface area contributed by atoms with Gasteiger partial charge in [0.25, 0.3) is 0 Å². The van der Waals surface area contributed by atoms with Crippen LogP contribution in [0.15, 0.2) is 36.8 Å². The van der Waals surface area contributed by atoms with Gasteiger partial charge in [0.2, 0.25) is 5.91 Å². The average Bonchev–Trinajstić information content (AvgIpc) is 3.48. The van der Waals surface area contributed by atoms with Crippen LogP contribution in [-0.2, 0) is 9.53 Å². The zero-order valence-corrected chi connectivity index (χ0v) is 19.5. The van der Waals surface area contributed by atoms with Crippen molar-refractivity contribution in [1.82, 2.24) is 20.3 Å². The van der Waals surface area contributed by atoms with E-state index in [1.165, 1.54) is 18.5 Å². The maximum Gasteiger partial charge on any atom is 0.220 e. The maximum absolute atomic E-state index is 11.6. The minimum absolute atomic E-state index is 0.0877. The first-order chi connectivity index (χ1) is 16.6. The fraction of sp³-hybridized carbons (Fsp3) is 0.500. The summed E-state index contributed by atoms with van der Waals surface area (Å²) in [6.07, 6.45) is 6.53. The molecule has 178 valence electrons. The highest BCUT2D eigenvalue weighted by Gasteiger charge is 2.31. The van der Waals surface area contributed by atoms with Gasteiger partial charge in [-0.15, -0.1) is 0 Å². The number of nitrogens with one attached hydrogen (secondary N) is 2. The Morgan fingerprint density at radius 3 is 2.68 bits per heavy atom. The molecule has 0 aliphatic carbocycles. The molecule has 2 aromatic heterocycles. The van der Waals surface area contributed by atoms with Crippen LogP contribution in [-0.4, -0.2) is 59.8 Å². The lowest BCUT2D eigenvalue weighted by atomic mass is 9.83. The number of amides is 1. The summed E-state index contributed by atoms with van der Waals surface area (Å²) in [6.45, 7) is 6.72. The third-order valence-electron chi connectivity index (χ3n) is 7.75. The Kier molecular flexibility index (Phi) is 5.61. The van der Waals surface area contributed by atoms with E-state index in [0.717, 1.165) is 60.4 Å². The van der Waals surface area contributed by atoms with Gasteiger partial charge in [0, 0.05) is 43.5 Å². The van der Waals surface area contributed by atoms with Gasteiger partial charge in [-0.3, -0.25) is 9.78 Å². The number of fused-ring (bicyclic) bond motifs is 1. The number of imidazole rings is 1. The zero-order valence-electron chi connectivity index (χ0n) is 19.5. The van der Waals surface area contributed by atoms with Gasteiger partial charge in [-0.25, -0.2) is 4.98 Å². The van der Waals surface area contributed by atoms with E-state index in [2.05, 4.69) is 38.4 Å². The Labute approximate surface area is 199 Å². The third-order valence-corrected chi connectivity index (χ3v) is 7.75. The average molecular weight is 462 g/mol. The predicted octanol–water partition coefficient (Wildman–Crippen LogP) is 3.39. The number of hydrogen-bond acceptors (Lipinski definition) is 6. The van der Waals surface area contributed by atoms with Crippen LogP contribution in [0, 0.1) is 17.8 Å². The number of piperidine rings is 1. The number of carbonyl (C=O) groups is 1. The number of rotatable bonds is 6. The molecular formula is C26H31N5O3. The smallest absolute Gasteiger partial charge is 0.220 e. The molecule has 8 nitrogen and oxygen atoms in total. The molecule has 3 aliphatic heterocycles. The number of aromatic nitrogens is 3. The van der Waals surface area contributed by atoms with Crippen molar-refractivity contribution in [3.63, 3.8) is 0 Å². The van der Waals surface area contributed by atoms with Crippen molar-refractivity contribution in [1.29, 1.82) is 0 Å². The molecule has 3 saturated heterocycles. The summed E-state index contributed by atoms with van der Waals surface area (Å²) in [5, 5.41) is 2.89. The summed E-state index contributed by atoms with van der Waals surface area (Å²) < 4.78 is 11.7. The highest BCUT2D eigenvalue weighted by molar-refractivity contribution is 5.87. The van der Waals surface area contributed by atoms with Crippen molar-refractivity contribution in [3.8, 4) is 17.0 Å². The van der Waals surface area contributed by atoms with Gasteiger partial charge < -0.3 is 24.7 Å². The Bertz CT molecular complexity index is 1160. The molecule has 5 heterocycles. The lowest BCUT2D eigenvalue weighted by molar-refractivity contribution is -0.119. The van der Waals surface area contributed by atoms with Gasteiger partial charge in [-0.1, -0.05) is 0 Å². The Hall–Kier alpha value is -3.13. The fourth-order valence-corrected chi connectivity index (χ4v) is 5.41. The topological polar surface area (TPSA) is 92.4 Å². The lowest BCUT2D eigenvalue weighted by Gasteiger charge is -2.40. The second kappa shape index (κ2) is 8.91. The van der Waals surface area contributed by atoms with E-state index >= 15 is 0 Å². The van der Waals surface area contributed by atoms with Crippen molar-refractivity contribution in [2.45, 2.75) is 32.3 Å². The summed E-state index contributed by atoms with van der Waals surface area (Å²) in [5.41, 5.74) is 4.77. The number of hydrogen-bond donors (Lipinski definition) is 2. The molecule has 0 bridgehead atoms. The highest BCUT2D eigenvalue weighted by atomic mass is 16.5. The number of ether oxygens (including phenoxy) is 2. The van der Waals surface area contributed by atoms with Gasteiger partial charge in [-0.2, -0.15) is 0 Å². The lowest BCUT2D eigenvalue weighted by Crippen LogP contribution is -2.42. The van der Waals surface area contributed by atoms with Crippen LogP contribution in [0.2, 0.25) is 0 Å². The Morgan fingerprint density at radius 2 is 2.00 bits per heavy atom. The van der Waals surface area contributed by atoms with Crippen molar-refractivity contribution < 1.29 is 14.3 Å². The van der Waals surface area contributed by atoms with Gasteiger partial charge in [0.05, 0.1) is 42.6 Å². The molecule has 0 unspecified atom stereocenters. The summed E-state index contributed by atoms with van der Waals surface area (Å²) in [6, 6.07) is 8.34. The van der Waals surface area contributed by atoms with Gasteiger partial charge in [-0.05, 0) is 49.9 Å². The highest BCUT2D eigenvalue weighted by Crippen LogP contribution is 2.34. The van der Waals surface area contributed by atoms with Crippen molar-refractivity contribution in [3.05, 3.63) is 36.8 Å². The molecule has 34 heavy (non-hydrogen) atoms. The van der Waals surface area contributed by atoms with E-state index in [9.17, 15) is 4.79 Å².